The number of rotatable bonds is 3. The molecular formula is C10H12N2O4. The predicted molar refractivity (Wildman–Crippen MR) is 55.3 cm³/mol. The van der Waals surface area contributed by atoms with Gasteiger partial charge in [-0.1, -0.05) is 30.3 Å². The Morgan fingerprint density at radius 2 is 1.94 bits per heavy atom. The van der Waals surface area contributed by atoms with Crippen LogP contribution in [0.2, 0.25) is 0 Å². The SMILES string of the molecule is COC(=O)N(N)C(C(=O)O)c1ccccc1. The second kappa shape index (κ2) is 5.13. The van der Waals surface area contributed by atoms with Crippen LogP contribution >= 0.6 is 0 Å². The highest BCUT2D eigenvalue weighted by Crippen LogP contribution is 2.18. The van der Waals surface area contributed by atoms with Crippen molar-refractivity contribution in [1.29, 1.82) is 0 Å². The third-order valence-electron chi connectivity index (χ3n) is 2.01. The van der Waals surface area contributed by atoms with Gasteiger partial charge in [-0.25, -0.2) is 20.4 Å². The highest BCUT2D eigenvalue weighted by molar-refractivity contribution is 5.81. The van der Waals surface area contributed by atoms with Gasteiger partial charge >= 0.3 is 12.1 Å². The Bertz CT molecular complexity index is 380. The van der Waals surface area contributed by atoms with Crippen LogP contribution in [-0.2, 0) is 9.53 Å². The molecule has 0 aliphatic heterocycles. The van der Waals surface area contributed by atoms with Crippen molar-refractivity contribution in [3.8, 4) is 0 Å². The number of carboxylic acids is 1. The summed E-state index contributed by atoms with van der Waals surface area (Å²) in [6, 6.07) is 6.95. The largest absolute Gasteiger partial charge is 0.479 e. The van der Waals surface area contributed by atoms with Gasteiger partial charge in [0.15, 0.2) is 6.04 Å². The Hall–Kier alpha value is -2.08. The Balaban J connectivity index is 3.01. The van der Waals surface area contributed by atoms with Gasteiger partial charge in [0.1, 0.15) is 0 Å². The van der Waals surface area contributed by atoms with Crippen LogP contribution in [0.5, 0.6) is 0 Å². The molecule has 0 bridgehead atoms. The average Bonchev–Trinajstić information content (AvgIpc) is 2.29. The van der Waals surface area contributed by atoms with Crippen LogP contribution in [0.3, 0.4) is 0 Å². The van der Waals surface area contributed by atoms with Crippen molar-refractivity contribution in [2.24, 2.45) is 5.84 Å². The van der Waals surface area contributed by atoms with Crippen LogP contribution in [0, 0.1) is 0 Å². The van der Waals surface area contributed by atoms with Crippen molar-refractivity contribution in [3.05, 3.63) is 35.9 Å². The van der Waals surface area contributed by atoms with E-state index in [1.54, 1.807) is 30.3 Å². The number of amides is 1. The van der Waals surface area contributed by atoms with Gasteiger partial charge in [0.25, 0.3) is 0 Å². The topological polar surface area (TPSA) is 92.9 Å². The first kappa shape index (κ1) is 12.0. The van der Waals surface area contributed by atoms with E-state index in [1.807, 2.05) is 0 Å². The molecule has 1 aromatic carbocycles. The molecule has 0 aliphatic carbocycles. The summed E-state index contributed by atoms with van der Waals surface area (Å²) >= 11 is 0. The monoisotopic (exact) mass is 224 g/mol. The number of carbonyl (C=O) groups excluding carboxylic acids is 1. The molecule has 6 nitrogen and oxygen atoms in total. The minimum absolute atomic E-state index is 0.405. The summed E-state index contributed by atoms with van der Waals surface area (Å²) in [5.41, 5.74) is 0.405. The highest BCUT2D eigenvalue weighted by atomic mass is 16.5. The number of methoxy groups -OCH3 is 1. The number of nitrogens with two attached hydrogens (primary N) is 1. The molecule has 1 amide bonds. The van der Waals surface area contributed by atoms with Crippen molar-refractivity contribution in [2.75, 3.05) is 7.11 Å². The molecule has 1 unspecified atom stereocenters. The zero-order valence-electron chi connectivity index (χ0n) is 8.66. The fourth-order valence-electron chi connectivity index (χ4n) is 1.27. The normalized spacial score (nSPS) is 11.6. The van der Waals surface area contributed by atoms with Crippen LogP contribution < -0.4 is 5.84 Å². The Morgan fingerprint density at radius 3 is 2.38 bits per heavy atom. The van der Waals surface area contributed by atoms with Crippen molar-refractivity contribution in [3.63, 3.8) is 0 Å². The summed E-state index contributed by atoms with van der Waals surface area (Å²) in [6.45, 7) is 0. The maximum atomic E-state index is 11.1. The van der Waals surface area contributed by atoms with E-state index < -0.39 is 18.1 Å². The number of hydrogen-bond acceptors (Lipinski definition) is 4. The van der Waals surface area contributed by atoms with Crippen molar-refractivity contribution < 1.29 is 19.4 Å². The van der Waals surface area contributed by atoms with E-state index in [2.05, 4.69) is 4.74 Å². The lowest BCUT2D eigenvalue weighted by Crippen LogP contribution is -2.43. The molecule has 0 saturated heterocycles. The second-order valence-electron chi connectivity index (χ2n) is 3.03. The summed E-state index contributed by atoms with van der Waals surface area (Å²) in [7, 11) is 1.13. The van der Waals surface area contributed by atoms with Crippen LogP contribution in [0.1, 0.15) is 11.6 Å². The molecule has 0 aromatic heterocycles. The Morgan fingerprint density at radius 1 is 1.38 bits per heavy atom. The molecule has 16 heavy (non-hydrogen) atoms. The zero-order chi connectivity index (χ0) is 12.1. The molecule has 1 rings (SSSR count). The summed E-state index contributed by atoms with van der Waals surface area (Å²) in [6.07, 6.45) is -0.906. The first-order valence-electron chi connectivity index (χ1n) is 4.47. The number of nitrogens with zero attached hydrogens (tertiary/aromatic N) is 1. The van der Waals surface area contributed by atoms with Gasteiger partial charge in [-0.2, -0.15) is 0 Å². The maximum Gasteiger partial charge on any atom is 0.424 e. The number of ether oxygens (including phenoxy) is 1. The lowest BCUT2D eigenvalue weighted by atomic mass is 10.1. The molecule has 0 radical (unpaired) electrons. The van der Waals surface area contributed by atoms with Crippen LogP contribution in [-0.4, -0.2) is 29.3 Å². The van der Waals surface area contributed by atoms with Crippen LogP contribution in [0.25, 0.3) is 0 Å². The minimum Gasteiger partial charge on any atom is -0.479 e. The van der Waals surface area contributed by atoms with E-state index in [9.17, 15) is 9.59 Å². The molecule has 0 aliphatic rings. The summed E-state index contributed by atoms with van der Waals surface area (Å²) in [5.74, 6) is 4.16. The van der Waals surface area contributed by atoms with Gasteiger partial charge in [-0.15, -0.1) is 0 Å². The zero-order valence-corrected chi connectivity index (χ0v) is 8.66. The molecular weight excluding hydrogens is 212 g/mol. The summed E-state index contributed by atoms with van der Waals surface area (Å²) < 4.78 is 4.36. The van der Waals surface area contributed by atoms with Crippen LogP contribution in [0.15, 0.2) is 30.3 Å². The standard InChI is InChI=1S/C10H12N2O4/c1-16-10(15)12(11)8(9(13)14)7-5-3-2-4-6-7/h2-6,8H,11H2,1H3,(H,13,14). The predicted octanol–water partition coefficient (Wildman–Crippen LogP) is 0.754. The molecule has 6 heteroatoms. The number of carbonyl (C=O) groups is 2. The van der Waals surface area contributed by atoms with E-state index in [-0.39, 0.29) is 0 Å². The number of aliphatic carboxylic acids is 1. The van der Waals surface area contributed by atoms with Gasteiger partial charge in [-0.3, -0.25) is 0 Å². The van der Waals surface area contributed by atoms with E-state index in [0.29, 0.717) is 10.6 Å². The van der Waals surface area contributed by atoms with E-state index >= 15 is 0 Å². The van der Waals surface area contributed by atoms with Gasteiger partial charge in [0.2, 0.25) is 0 Å². The lowest BCUT2D eigenvalue weighted by Gasteiger charge is -2.22. The number of hydrogen-bond donors (Lipinski definition) is 2. The first-order valence-corrected chi connectivity index (χ1v) is 4.47. The molecule has 0 heterocycles. The third-order valence-corrected chi connectivity index (χ3v) is 2.01. The Labute approximate surface area is 92.2 Å². The number of hydrazine groups is 1. The molecule has 1 atom stereocenters. The van der Waals surface area contributed by atoms with Gasteiger partial charge in [-0.05, 0) is 5.56 Å². The van der Waals surface area contributed by atoms with Crippen LogP contribution in [0.4, 0.5) is 4.79 Å². The maximum absolute atomic E-state index is 11.1. The van der Waals surface area contributed by atoms with Crippen molar-refractivity contribution in [2.45, 2.75) is 6.04 Å². The number of benzene rings is 1. The smallest absolute Gasteiger partial charge is 0.424 e. The van der Waals surface area contributed by atoms with Gasteiger partial charge in [0, 0.05) is 0 Å². The first-order chi connectivity index (χ1) is 7.57. The molecule has 1 aromatic rings. The summed E-state index contributed by atoms with van der Waals surface area (Å²) in [4.78, 5) is 22.2. The van der Waals surface area contributed by atoms with Crippen molar-refractivity contribution >= 4 is 12.1 Å². The number of carboxylic acid groups (broad SMARTS) is 1. The van der Waals surface area contributed by atoms with E-state index in [1.165, 1.54) is 0 Å². The van der Waals surface area contributed by atoms with E-state index in [4.69, 9.17) is 10.9 Å². The highest BCUT2D eigenvalue weighted by Gasteiger charge is 2.29. The quantitative estimate of drug-likeness (QED) is 0.449. The van der Waals surface area contributed by atoms with Crippen molar-refractivity contribution in [1.82, 2.24) is 5.01 Å². The molecule has 0 fully saturated rings. The van der Waals surface area contributed by atoms with Gasteiger partial charge in [0.05, 0.1) is 7.11 Å². The fourth-order valence-corrected chi connectivity index (χ4v) is 1.27. The second-order valence-corrected chi connectivity index (χ2v) is 3.03. The fraction of sp³-hybridized carbons (Fsp3) is 0.200. The average molecular weight is 224 g/mol. The Kier molecular flexibility index (Phi) is 3.84. The minimum atomic E-state index is -1.26. The van der Waals surface area contributed by atoms with E-state index in [0.717, 1.165) is 7.11 Å². The molecule has 0 saturated carbocycles. The third kappa shape index (κ3) is 2.48. The summed E-state index contributed by atoms with van der Waals surface area (Å²) in [5, 5.41) is 9.55. The molecule has 0 spiro atoms. The molecule has 3 N–H and O–H groups in total. The molecule has 86 valence electrons. The van der Waals surface area contributed by atoms with Gasteiger partial charge < -0.3 is 9.84 Å². The lowest BCUT2D eigenvalue weighted by molar-refractivity contribution is -0.143.